The molecule has 5 aromatic rings. The summed E-state index contributed by atoms with van der Waals surface area (Å²) in [6, 6.07) is 23.6. The number of fused-ring (bicyclic) bond motifs is 1. The van der Waals surface area contributed by atoms with Crippen molar-refractivity contribution < 1.29 is 137 Å². The zero-order valence-corrected chi connectivity index (χ0v) is 61.4. The molecule has 590 valence electrons. The third kappa shape index (κ3) is 25.3. The Balaban J connectivity index is 0.000000237. The van der Waals surface area contributed by atoms with Gasteiger partial charge < -0.3 is 120 Å². The summed E-state index contributed by atoms with van der Waals surface area (Å²) in [6.45, 7) is 18.5. The molecule has 4 fully saturated rings. The Morgan fingerprint density at radius 3 is 1.37 bits per heavy atom. The van der Waals surface area contributed by atoms with Crippen LogP contribution >= 0.6 is 0 Å². The molecule has 2 amide bonds. The summed E-state index contributed by atoms with van der Waals surface area (Å²) >= 11 is 0. The van der Waals surface area contributed by atoms with Crippen molar-refractivity contribution in [2.45, 2.75) is 142 Å². The molecular formula is C74H96N6O28. The maximum Gasteiger partial charge on any atom is 0.308 e. The van der Waals surface area contributed by atoms with Crippen molar-refractivity contribution >= 4 is 59.4 Å². The van der Waals surface area contributed by atoms with E-state index in [2.05, 4.69) is 25.6 Å². The van der Waals surface area contributed by atoms with Crippen LogP contribution in [0.2, 0.25) is 0 Å². The highest BCUT2D eigenvalue weighted by molar-refractivity contribution is 6.00. The minimum Gasteiger partial charge on any atom is -0.870 e. The highest BCUT2D eigenvalue weighted by Crippen LogP contribution is 2.31. The summed E-state index contributed by atoms with van der Waals surface area (Å²) in [7, 11) is 0. The number of phenols is 2. The number of nitrogens with one attached hydrogen (secondary N) is 2. The SMILES string of the molecule is CC(=O)OC[C@@H](OC(C)=O)[C@@H]1COC(c2cccc(OC(C)=O)c2C)=N1.CC(=O)Oc1cccc(C(=O)N[C@H]2COC[C@@H]2O)c1C.CC(=O)Oc1cccc(C2=N[C@H]3COCC3O2)c1C.Cc1c(O)cccc1C(=O)NC1COC[C@H]1O.Cc1c(O)cccc1C1=N[C@H]([C@H](O)CO)CO1.N[C@H]1COC[C@@H]1O.[OH-].[OH3+]. The number of aliphatic hydroxyl groups is 5. The van der Waals surface area contributed by atoms with Gasteiger partial charge in [0.15, 0.2) is 6.10 Å². The first-order chi connectivity index (χ1) is 50.4. The summed E-state index contributed by atoms with van der Waals surface area (Å²) in [5.74, 6) is 0.133. The molecule has 0 radical (unpaired) electrons. The zero-order chi connectivity index (χ0) is 77.5. The lowest BCUT2D eigenvalue weighted by atomic mass is 10.1. The summed E-state index contributed by atoms with van der Waals surface area (Å²) in [5, 5.41) is 70.7. The molecule has 2 unspecified atom stereocenters. The molecule has 7 aliphatic rings. The summed E-state index contributed by atoms with van der Waals surface area (Å²) in [6.07, 6.45) is -3.43. The van der Waals surface area contributed by atoms with Crippen molar-refractivity contribution in [2.75, 3.05) is 79.3 Å². The number of amides is 2. The first-order valence-corrected chi connectivity index (χ1v) is 33.8. The Kier molecular flexibility index (Phi) is 34.8. The molecule has 108 heavy (non-hydrogen) atoms. The topological polar surface area (TPSA) is 522 Å². The third-order valence-electron chi connectivity index (χ3n) is 17.0. The van der Waals surface area contributed by atoms with Crippen LogP contribution in [-0.4, -0.2) is 253 Å². The number of carbonyl (C=O) groups is 7. The van der Waals surface area contributed by atoms with Crippen LogP contribution in [0.5, 0.6) is 28.7 Å². The fourth-order valence-corrected chi connectivity index (χ4v) is 10.9. The predicted octanol–water partition coefficient (Wildman–Crippen LogP) is 1.43. The van der Waals surface area contributed by atoms with Gasteiger partial charge in [-0.2, -0.15) is 0 Å². The van der Waals surface area contributed by atoms with E-state index in [0.29, 0.717) is 112 Å². The number of hydrogen-bond donors (Lipinski definition) is 10. The van der Waals surface area contributed by atoms with Gasteiger partial charge >= 0.3 is 29.8 Å². The number of nitrogens with zero attached hydrogens (tertiary/aromatic N) is 3. The average molecular weight is 1520 g/mol. The number of phenolic OH excluding ortho intramolecular Hbond substituents is 2. The van der Waals surface area contributed by atoms with E-state index in [9.17, 15) is 59.1 Å². The summed E-state index contributed by atoms with van der Waals surface area (Å²) in [5.41, 5.74) is 11.7. The quantitative estimate of drug-likeness (QED) is 0.0379. The van der Waals surface area contributed by atoms with Crippen molar-refractivity contribution in [3.05, 3.63) is 147 Å². The maximum absolute atomic E-state index is 12.2. The van der Waals surface area contributed by atoms with Gasteiger partial charge in [0.05, 0.1) is 95.9 Å². The van der Waals surface area contributed by atoms with E-state index in [0.717, 1.165) is 11.1 Å². The first kappa shape index (κ1) is 88.5. The number of aliphatic imine (C=N–C) groups is 3. The van der Waals surface area contributed by atoms with Crippen molar-refractivity contribution in [1.82, 2.24) is 10.6 Å². The second kappa shape index (κ2) is 42.5. The van der Waals surface area contributed by atoms with Crippen LogP contribution < -0.4 is 30.6 Å². The second-order valence-electron chi connectivity index (χ2n) is 25.1. The molecule has 5 aromatic carbocycles. The van der Waals surface area contributed by atoms with Crippen LogP contribution in [0.15, 0.2) is 106 Å². The number of nitrogens with two attached hydrogens (primary N) is 1. The molecule has 7 heterocycles. The van der Waals surface area contributed by atoms with Gasteiger partial charge in [0, 0.05) is 90.3 Å². The molecule has 34 heteroatoms. The molecule has 4 saturated heterocycles. The van der Waals surface area contributed by atoms with E-state index in [-0.39, 0.29) is 111 Å². The maximum atomic E-state index is 12.2. The monoisotopic (exact) mass is 1520 g/mol. The molecule has 0 aromatic heterocycles. The van der Waals surface area contributed by atoms with E-state index in [1.165, 1.54) is 40.7 Å². The molecule has 7 aliphatic heterocycles. The van der Waals surface area contributed by atoms with Crippen LogP contribution in [0.4, 0.5) is 0 Å². The molecule has 12 atom stereocenters. The number of aliphatic hydroxyl groups excluding tert-OH is 5. The number of carbonyl (C=O) groups excluding carboxylic acids is 7. The van der Waals surface area contributed by atoms with Crippen molar-refractivity contribution in [1.29, 1.82) is 0 Å². The molecule has 0 bridgehead atoms. The lowest BCUT2D eigenvalue weighted by molar-refractivity contribution is -0.157. The standard InChI is InChI=1S/C18H21NO7.C14H17NO5.C14H15NO4.2C12H15NO4.C4H9NO2.2H2O/c1-10-14(6-5-7-16(10)25-12(3)21)18-19-15(8-24-18)17(26-13(4)22)9-23-11(2)20;1-8-10(4-3-5-13(8)20-9(2)16)14(18)15-11-6-19-7-12(11)17;1-8-10(4-3-5-12(8)18-9(2)16)14-15-11-6-17-7-13(11)19-14;1-7-8(3-2-4-10(7)15)12-13-9(6-17-12)11(16)5-14;1-7-8(3-2-4-10(7)14)12(16)13-9-5-17-6-11(9)15;5-3-1-7-2-4(3)6;;/h5-7,15,17H,8-9H2,1-4H3;3-5,11-12,17H,6-7H2,1-2H3,(H,15,18);3-5,11,13H,6-7H2,1-2H3;2-4,9,11,14-16H,5-6H2,1H3;2-4,9,11,14-15H,5-6H2,1H3,(H,13,16);3-4,6H,1-2,5H2;2*1H2/t15-,17+;11-,12-;11-,13?;9-,11+;9?,11-;3-,4-;;/m000010../s1. The number of ether oxygens (including phenoxy) is 12. The minimum absolute atomic E-state index is 0. The normalized spacial score (nSPS) is 22.1. The van der Waals surface area contributed by atoms with Gasteiger partial charge in [-0.1, -0.05) is 30.3 Å². The molecule has 34 nitrogen and oxygen atoms in total. The number of rotatable bonds is 16. The van der Waals surface area contributed by atoms with E-state index >= 15 is 0 Å². The fourth-order valence-electron chi connectivity index (χ4n) is 10.9. The molecular weight excluding hydrogens is 1420 g/mol. The van der Waals surface area contributed by atoms with Gasteiger partial charge in [0.25, 0.3) is 11.8 Å². The molecule has 12 rings (SSSR count). The van der Waals surface area contributed by atoms with Crippen LogP contribution in [-0.2, 0) is 72.1 Å². The van der Waals surface area contributed by atoms with Crippen molar-refractivity contribution in [3.63, 3.8) is 0 Å². The minimum atomic E-state index is -0.912. The van der Waals surface area contributed by atoms with Crippen molar-refractivity contribution in [2.24, 2.45) is 20.7 Å². The van der Waals surface area contributed by atoms with E-state index in [4.69, 9.17) is 72.8 Å². The predicted molar refractivity (Wildman–Crippen MR) is 385 cm³/mol. The molecule has 0 spiro atoms. The Hall–Kier alpha value is -10.1. The van der Waals surface area contributed by atoms with Gasteiger partial charge in [0.1, 0.15) is 78.9 Å². The number of esters is 5. The lowest BCUT2D eigenvalue weighted by Crippen LogP contribution is -2.42. The van der Waals surface area contributed by atoms with E-state index < -0.39 is 72.5 Å². The first-order valence-electron chi connectivity index (χ1n) is 33.8. The van der Waals surface area contributed by atoms with Gasteiger partial charge in [-0.05, 0) is 95.3 Å². The Labute approximate surface area is 622 Å². The van der Waals surface area contributed by atoms with E-state index in [1.54, 1.807) is 100 Å². The van der Waals surface area contributed by atoms with Gasteiger partial charge in [-0.15, -0.1) is 0 Å². The average Bonchev–Trinajstić information content (AvgIpc) is 1.68. The summed E-state index contributed by atoms with van der Waals surface area (Å²) < 4.78 is 62.5. The van der Waals surface area contributed by atoms with Crippen LogP contribution in [0.1, 0.15) is 99.8 Å². The second-order valence-corrected chi connectivity index (χ2v) is 25.1. The zero-order valence-electron chi connectivity index (χ0n) is 61.4. The smallest absolute Gasteiger partial charge is 0.308 e. The molecule has 0 saturated carbocycles. The van der Waals surface area contributed by atoms with Gasteiger partial charge in [-0.3, -0.25) is 33.6 Å². The Morgan fingerprint density at radius 2 is 0.926 bits per heavy atom. The number of aromatic hydroxyl groups is 2. The number of benzene rings is 5. The van der Waals surface area contributed by atoms with Gasteiger partial charge in [-0.25, -0.2) is 15.0 Å². The highest BCUT2D eigenvalue weighted by Gasteiger charge is 2.38. The van der Waals surface area contributed by atoms with Crippen molar-refractivity contribution in [3.8, 4) is 28.7 Å². The Bertz CT molecular complexity index is 3990. The van der Waals surface area contributed by atoms with Crippen LogP contribution in [0, 0.1) is 34.6 Å². The Morgan fingerprint density at radius 1 is 0.500 bits per heavy atom. The molecule has 0 aliphatic carbocycles. The lowest BCUT2D eigenvalue weighted by Gasteiger charge is -2.19. The molecule has 15 N–H and O–H groups in total. The fraction of sp³-hybridized carbons (Fsp3) is 0.459. The third-order valence-corrected chi connectivity index (χ3v) is 17.0. The van der Waals surface area contributed by atoms with Gasteiger partial charge in [0.2, 0.25) is 17.7 Å². The number of hydrogen-bond acceptors (Lipinski definition) is 31. The largest absolute Gasteiger partial charge is 0.870 e. The van der Waals surface area contributed by atoms with Crippen LogP contribution in [0.3, 0.4) is 0 Å². The summed E-state index contributed by atoms with van der Waals surface area (Å²) in [4.78, 5) is 92.9. The van der Waals surface area contributed by atoms with Crippen LogP contribution in [0.25, 0.3) is 0 Å². The highest BCUT2D eigenvalue weighted by atomic mass is 16.6. The van der Waals surface area contributed by atoms with E-state index in [1.807, 2.05) is 19.1 Å².